The molecule has 0 radical (unpaired) electrons. The fourth-order valence-electron chi connectivity index (χ4n) is 3.79. The van der Waals surface area contributed by atoms with Crippen molar-refractivity contribution >= 4 is 56.6 Å². The highest BCUT2D eigenvalue weighted by Gasteiger charge is 2.27. The van der Waals surface area contributed by atoms with E-state index in [1.54, 1.807) is 6.07 Å². The molecule has 31 heavy (non-hydrogen) atoms. The van der Waals surface area contributed by atoms with Crippen LogP contribution in [0.25, 0.3) is 10.2 Å². The molecule has 0 N–H and O–H groups in total. The molecular weight excluding hydrogens is 455 g/mol. The Hall–Kier alpha value is -2.09. The van der Waals surface area contributed by atoms with Crippen LogP contribution >= 0.6 is 34.5 Å². The number of halogens is 2. The van der Waals surface area contributed by atoms with Crippen molar-refractivity contribution in [3.05, 3.63) is 50.4 Å². The number of hydrogen-bond donors (Lipinski definition) is 0. The van der Waals surface area contributed by atoms with Gasteiger partial charge in [-0.25, -0.2) is 0 Å². The molecule has 1 saturated heterocycles. The van der Waals surface area contributed by atoms with Crippen molar-refractivity contribution in [1.29, 1.82) is 0 Å². The van der Waals surface area contributed by atoms with Crippen LogP contribution in [0.3, 0.4) is 0 Å². The summed E-state index contributed by atoms with van der Waals surface area (Å²) in [5.41, 5.74) is 1.80. The summed E-state index contributed by atoms with van der Waals surface area (Å²) in [5.74, 6) is 0.128. The normalized spacial score (nSPS) is 14.6. The summed E-state index contributed by atoms with van der Waals surface area (Å²) in [6.07, 6.45) is 0. The minimum absolute atomic E-state index is 0.00770. The number of nitrogens with zero attached hydrogens (tertiary/aromatic N) is 4. The average molecular weight is 479 g/mol. The second kappa shape index (κ2) is 8.81. The topological polar surface area (TPSA) is 58.4 Å². The Balaban J connectivity index is 1.52. The van der Waals surface area contributed by atoms with Crippen LogP contribution in [0.2, 0.25) is 10.0 Å². The lowest BCUT2D eigenvalue weighted by atomic mass is 10.1. The third kappa shape index (κ3) is 4.45. The number of benzene rings is 1. The van der Waals surface area contributed by atoms with Gasteiger partial charge in [0, 0.05) is 47.5 Å². The van der Waals surface area contributed by atoms with Crippen LogP contribution in [0, 0.1) is 12.8 Å². The smallest absolute Gasteiger partial charge is 0.264 e. The van der Waals surface area contributed by atoms with Crippen LogP contribution in [0.4, 0.5) is 0 Å². The number of amides is 2. The van der Waals surface area contributed by atoms with Crippen LogP contribution in [-0.2, 0) is 11.3 Å². The SMILES string of the molecule is Cc1nn(Cc2ccc(Cl)cc2Cl)c2sc(C(=O)N3CCN(C(=O)C(C)C)CC3)cc12. The molecule has 0 spiro atoms. The lowest BCUT2D eigenvalue weighted by Gasteiger charge is -2.35. The standard InChI is InChI=1S/C22H24Cl2N4O2S/c1-13(2)20(29)26-6-8-27(9-7-26)21(30)19-11-17-14(3)25-28(22(17)31-19)12-15-4-5-16(23)10-18(15)24/h4-5,10-11,13H,6-9,12H2,1-3H3. The zero-order valence-electron chi connectivity index (χ0n) is 17.7. The first-order valence-corrected chi connectivity index (χ1v) is 11.8. The molecule has 0 bridgehead atoms. The molecule has 0 saturated carbocycles. The van der Waals surface area contributed by atoms with E-state index in [2.05, 4.69) is 5.10 Å². The maximum Gasteiger partial charge on any atom is 0.264 e. The van der Waals surface area contributed by atoms with E-state index in [1.807, 2.05) is 53.5 Å². The average Bonchev–Trinajstić information content (AvgIpc) is 3.30. The third-order valence-corrected chi connectivity index (χ3v) is 7.25. The Bertz CT molecular complexity index is 1150. The Morgan fingerprint density at radius 1 is 1.10 bits per heavy atom. The van der Waals surface area contributed by atoms with E-state index in [1.165, 1.54) is 11.3 Å². The molecule has 1 aromatic carbocycles. The molecule has 6 nitrogen and oxygen atoms in total. The molecule has 2 amide bonds. The molecule has 3 heterocycles. The Morgan fingerprint density at radius 2 is 1.77 bits per heavy atom. The van der Waals surface area contributed by atoms with E-state index in [4.69, 9.17) is 23.2 Å². The molecule has 164 valence electrons. The molecule has 4 rings (SSSR count). The maximum atomic E-state index is 13.1. The van der Waals surface area contributed by atoms with E-state index in [-0.39, 0.29) is 17.7 Å². The molecule has 1 fully saturated rings. The van der Waals surface area contributed by atoms with Gasteiger partial charge in [0.25, 0.3) is 5.91 Å². The number of rotatable bonds is 4. The summed E-state index contributed by atoms with van der Waals surface area (Å²) in [4.78, 5) is 30.6. The molecular formula is C22H24Cl2N4O2S. The van der Waals surface area contributed by atoms with Gasteiger partial charge in [0.2, 0.25) is 5.91 Å². The van der Waals surface area contributed by atoms with Crippen molar-refractivity contribution in [3.8, 4) is 0 Å². The Morgan fingerprint density at radius 3 is 2.42 bits per heavy atom. The highest BCUT2D eigenvalue weighted by molar-refractivity contribution is 7.20. The predicted molar refractivity (Wildman–Crippen MR) is 125 cm³/mol. The van der Waals surface area contributed by atoms with E-state index in [0.29, 0.717) is 47.6 Å². The van der Waals surface area contributed by atoms with Crippen LogP contribution in [0.1, 0.15) is 34.8 Å². The fourth-order valence-corrected chi connectivity index (χ4v) is 5.38. The second-order valence-corrected chi connectivity index (χ2v) is 9.95. The molecule has 0 atom stereocenters. The number of fused-ring (bicyclic) bond motifs is 1. The molecule has 0 aliphatic carbocycles. The van der Waals surface area contributed by atoms with Gasteiger partial charge in [-0.05, 0) is 30.7 Å². The summed E-state index contributed by atoms with van der Waals surface area (Å²) < 4.78 is 1.89. The molecule has 1 aliphatic heterocycles. The highest BCUT2D eigenvalue weighted by atomic mass is 35.5. The molecule has 3 aromatic rings. The Labute approximate surface area is 195 Å². The number of aryl methyl sites for hydroxylation is 1. The van der Waals surface area contributed by atoms with Crippen molar-refractivity contribution in [2.24, 2.45) is 5.92 Å². The Kier molecular flexibility index (Phi) is 6.28. The zero-order valence-corrected chi connectivity index (χ0v) is 20.0. The van der Waals surface area contributed by atoms with Gasteiger partial charge in [0.1, 0.15) is 4.83 Å². The monoisotopic (exact) mass is 478 g/mol. The van der Waals surface area contributed by atoms with E-state index in [0.717, 1.165) is 21.5 Å². The van der Waals surface area contributed by atoms with Gasteiger partial charge in [-0.1, -0.05) is 43.1 Å². The van der Waals surface area contributed by atoms with Crippen LogP contribution in [0.15, 0.2) is 24.3 Å². The number of hydrogen-bond acceptors (Lipinski definition) is 4. The number of carbonyl (C=O) groups is 2. The van der Waals surface area contributed by atoms with E-state index in [9.17, 15) is 9.59 Å². The molecule has 0 unspecified atom stereocenters. The van der Waals surface area contributed by atoms with Crippen LogP contribution < -0.4 is 0 Å². The van der Waals surface area contributed by atoms with Gasteiger partial charge < -0.3 is 9.80 Å². The largest absolute Gasteiger partial charge is 0.339 e. The lowest BCUT2D eigenvalue weighted by Crippen LogP contribution is -2.51. The van der Waals surface area contributed by atoms with Gasteiger partial charge in [0.05, 0.1) is 17.1 Å². The zero-order chi connectivity index (χ0) is 22.3. The van der Waals surface area contributed by atoms with Gasteiger partial charge in [0.15, 0.2) is 0 Å². The van der Waals surface area contributed by atoms with Gasteiger partial charge in [-0.15, -0.1) is 11.3 Å². The van der Waals surface area contributed by atoms with Gasteiger partial charge in [-0.2, -0.15) is 5.10 Å². The third-order valence-electron chi connectivity index (χ3n) is 5.53. The first-order valence-electron chi connectivity index (χ1n) is 10.2. The van der Waals surface area contributed by atoms with Crippen molar-refractivity contribution in [1.82, 2.24) is 19.6 Å². The predicted octanol–water partition coefficient (Wildman–Crippen LogP) is 4.70. The fraction of sp³-hybridized carbons (Fsp3) is 0.409. The van der Waals surface area contributed by atoms with E-state index >= 15 is 0 Å². The lowest BCUT2D eigenvalue weighted by molar-refractivity contribution is -0.135. The number of thiophene rings is 1. The maximum absolute atomic E-state index is 13.1. The summed E-state index contributed by atoms with van der Waals surface area (Å²) in [5, 5.41) is 6.80. The van der Waals surface area contributed by atoms with E-state index < -0.39 is 0 Å². The van der Waals surface area contributed by atoms with Gasteiger partial charge in [-0.3, -0.25) is 14.3 Å². The molecule has 2 aromatic heterocycles. The quantitative estimate of drug-likeness (QED) is 0.545. The number of carbonyl (C=O) groups excluding carboxylic acids is 2. The minimum atomic E-state index is -0.0232. The second-order valence-electron chi connectivity index (χ2n) is 8.08. The van der Waals surface area contributed by atoms with Crippen molar-refractivity contribution in [2.75, 3.05) is 26.2 Å². The minimum Gasteiger partial charge on any atom is -0.339 e. The van der Waals surface area contributed by atoms with Crippen molar-refractivity contribution in [3.63, 3.8) is 0 Å². The summed E-state index contributed by atoms with van der Waals surface area (Å²) in [6.45, 7) is 8.52. The first-order chi connectivity index (χ1) is 14.7. The number of aromatic nitrogens is 2. The van der Waals surface area contributed by atoms with Crippen LogP contribution in [0.5, 0.6) is 0 Å². The molecule has 1 aliphatic rings. The first kappa shape index (κ1) is 22.1. The summed E-state index contributed by atoms with van der Waals surface area (Å²) in [6, 6.07) is 7.35. The van der Waals surface area contributed by atoms with Gasteiger partial charge >= 0.3 is 0 Å². The molecule has 9 heteroatoms. The van der Waals surface area contributed by atoms with Crippen molar-refractivity contribution < 1.29 is 9.59 Å². The highest BCUT2D eigenvalue weighted by Crippen LogP contribution is 2.31. The summed E-state index contributed by atoms with van der Waals surface area (Å²) >= 11 is 13.8. The van der Waals surface area contributed by atoms with Crippen molar-refractivity contribution in [2.45, 2.75) is 27.3 Å². The summed E-state index contributed by atoms with van der Waals surface area (Å²) in [7, 11) is 0. The number of piperazine rings is 1. The van der Waals surface area contributed by atoms with Crippen LogP contribution in [-0.4, -0.2) is 57.6 Å².